The van der Waals surface area contributed by atoms with Gasteiger partial charge in [-0.3, -0.25) is 0 Å². The van der Waals surface area contributed by atoms with Crippen molar-refractivity contribution in [2.45, 2.75) is 57.9 Å². The molecule has 0 spiro atoms. The highest BCUT2D eigenvalue weighted by Gasteiger charge is 2.48. The fourth-order valence-electron chi connectivity index (χ4n) is 9.48. The average molecular weight is 915 g/mol. The van der Waals surface area contributed by atoms with Crippen molar-refractivity contribution < 1.29 is 19.0 Å². The van der Waals surface area contributed by atoms with E-state index in [9.17, 15) is 19.0 Å². The van der Waals surface area contributed by atoms with E-state index in [2.05, 4.69) is 50.8 Å². The van der Waals surface area contributed by atoms with Crippen molar-refractivity contribution in [2.24, 2.45) is 23.7 Å². The van der Waals surface area contributed by atoms with E-state index in [1.54, 1.807) is 14.1 Å². The quantitative estimate of drug-likeness (QED) is 0.0864. The minimum absolute atomic E-state index is 0.248. The standard InChI is InChI=1S/2C20H20FN7OS2/c2*1-8-26-27-20(30-8)31-19-24-17-15(11-4-10(21)5-13(22-2)16(11)23-17)18(25-19)28-6-9-3-14(29)12(9)7-28/h2*4-5,9,12,14,22,29H,3,6-7H2,1-2H3,(H,23,24,25)/t2*9?,12?,14-/m10/s1. The van der Waals surface area contributed by atoms with E-state index in [1.807, 2.05) is 13.8 Å². The van der Waals surface area contributed by atoms with E-state index in [-0.39, 0.29) is 35.7 Å². The second-order valence-electron chi connectivity index (χ2n) is 16.3. The Morgan fingerprint density at radius 3 is 1.44 bits per heavy atom. The molecule has 8 heterocycles. The molecule has 6 aromatic heterocycles. The van der Waals surface area contributed by atoms with Crippen LogP contribution in [0.15, 0.2) is 43.3 Å². The van der Waals surface area contributed by atoms with Gasteiger partial charge < -0.3 is 40.6 Å². The van der Waals surface area contributed by atoms with E-state index < -0.39 is 0 Å². The minimum atomic E-state index is -0.316. The molecule has 0 radical (unpaired) electrons. The van der Waals surface area contributed by atoms with Crippen LogP contribution < -0.4 is 20.4 Å². The van der Waals surface area contributed by atoms with E-state index in [1.165, 1.54) is 70.5 Å². The molecule has 6 atom stereocenters. The molecule has 62 heavy (non-hydrogen) atoms. The SMILES string of the molecule is CNc1cc(F)cc2c1[nH]c1nc(Sc3nnc(C)s3)nc(N3CC4C[C@@H](O)C4C3)c12.CNc1cc(F)cc2c1[nH]c1nc(Sc3nnc(C)s3)nc(N3CC4C[C@H](O)C4C3)c12. The summed E-state index contributed by atoms with van der Waals surface area (Å²) in [6.07, 6.45) is 1.16. The normalized spacial score (nSPS) is 22.8. The smallest absolute Gasteiger partial charge is 0.198 e. The Morgan fingerprint density at radius 2 is 1.08 bits per heavy atom. The van der Waals surface area contributed by atoms with Gasteiger partial charge in [0.15, 0.2) is 19.0 Å². The number of fused-ring (bicyclic) bond motifs is 8. The maximum Gasteiger partial charge on any atom is 0.198 e. The van der Waals surface area contributed by atoms with Gasteiger partial charge in [0, 0.05) is 62.9 Å². The fourth-order valence-corrected chi connectivity index (χ4v) is 12.8. The zero-order valence-electron chi connectivity index (χ0n) is 33.8. The Morgan fingerprint density at radius 1 is 0.645 bits per heavy atom. The zero-order valence-corrected chi connectivity index (χ0v) is 37.0. The van der Waals surface area contributed by atoms with Gasteiger partial charge in [-0.25, -0.2) is 28.7 Å². The highest BCUT2D eigenvalue weighted by atomic mass is 32.2. The largest absolute Gasteiger partial charge is 0.393 e. The van der Waals surface area contributed by atoms with Crippen molar-refractivity contribution in [3.05, 3.63) is 45.9 Å². The van der Waals surface area contributed by atoms with Gasteiger partial charge in [0.2, 0.25) is 0 Å². The molecular formula is C40H40F2N14O2S4. The van der Waals surface area contributed by atoms with Gasteiger partial charge in [-0.1, -0.05) is 22.7 Å². The number of nitrogens with one attached hydrogen (secondary N) is 4. The Hall–Kier alpha value is -5.00. The molecule has 8 aromatic rings. The van der Waals surface area contributed by atoms with Crippen molar-refractivity contribution in [3.8, 4) is 0 Å². The number of benzene rings is 2. The van der Waals surface area contributed by atoms with Gasteiger partial charge in [-0.05, 0) is 86.3 Å². The average Bonchev–Trinajstić information content (AvgIpc) is 4.11. The first-order chi connectivity index (χ1) is 30.0. The van der Waals surface area contributed by atoms with Gasteiger partial charge in [0.1, 0.15) is 44.6 Å². The van der Waals surface area contributed by atoms with Crippen molar-refractivity contribution in [3.63, 3.8) is 0 Å². The molecule has 2 saturated carbocycles. The van der Waals surface area contributed by atoms with E-state index >= 15 is 0 Å². The van der Waals surface area contributed by atoms with Crippen molar-refractivity contribution >= 4 is 113 Å². The number of aromatic nitrogens is 10. The molecular weight excluding hydrogens is 875 g/mol. The molecule has 22 heteroatoms. The molecule has 320 valence electrons. The molecule has 6 N–H and O–H groups in total. The van der Waals surface area contributed by atoms with Gasteiger partial charge in [-0.2, -0.15) is 0 Å². The zero-order chi connectivity index (χ0) is 42.6. The summed E-state index contributed by atoms with van der Waals surface area (Å²) in [5.74, 6) is 2.38. The molecule has 2 aliphatic heterocycles. The lowest BCUT2D eigenvalue weighted by Gasteiger charge is -2.34. The third-order valence-electron chi connectivity index (χ3n) is 12.5. The molecule has 0 amide bonds. The van der Waals surface area contributed by atoms with Crippen LogP contribution in [0.4, 0.5) is 31.8 Å². The van der Waals surface area contributed by atoms with Crippen LogP contribution >= 0.6 is 46.2 Å². The molecule has 16 nitrogen and oxygen atoms in total. The number of hydrogen-bond donors (Lipinski definition) is 6. The number of aromatic amines is 2. The lowest BCUT2D eigenvalue weighted by molar-refractivity contribution is -0.00420. The van der Waals surface area contributed by atoms with Crippen LogP contribution in [0.3, 0.4) is 0 Å². The second kappa shape index (κ2) is 15.4. The van der Waals surface area contributed by atoms with Crippen LogP contribution in [0.5, 0.6) is 0 Å². The number of H-pyrrole nitrogens is 2. The van der Waals surface area contributed by atoms with Crippen LogP contribution in [-0.2, 0) is 0 Å². The summed E-state index contributed by atoms with van der Waals surface area (Å²) in [5, 5.41) is 48.9. The summed E-state index contributed by atoms with van der Waals surface area (Å²) >= 11 is 5.74. The topological polar surface area (TPSA) is 206 Å². The Balaban J connectivity index is 0.000000139. The molecule has 4 unspecified atom stereocenters. The number of hydrogen-bond acceptors (Lipinski definition) is 18. The van der Waals surface area contributed by atoms with Crippen molar-refractivity contribution in [2.75, 3.05) is 60.7 Å². The third kappa shape index (κ3) is 6.85. The first-order valence-corrected chi connectivity index (χ1v) is 23.5. The summed E-state index contributed by atoms with van der Waals surface area (Å²) in [6, 6.07) is 6.00. The molecule has 12 rings (SSSR count). The van der Waals surface area contributed by atoms with Crippen LogP contribution in [-0.4, -0.2) is 113 Å². The van der Waals surface area contributed by atoms with Gasteiger partial charge >= 0.3 is 0 Å². The third-order valence-corrected chi connectivity index (χ3v) is 16.1. The lowest BCUT2D eigenvalue weighted by atomic mass is 9.74. The minimum Gasteiger partial charge on any atom is -0.393 e. The summed E-state index contributed by atoms with van der Waals surface area (Å²) in [5.41, 5.74) is 4.25. The molecule has 2 saturated heterocycles. The number of rotatable bonds is 8. The van der Waals surface area contributed by atoms with Gasteiger partial charge in [-0.15, -0.1) is 20.4 Å². The molecule has 4 aliphatic rings. The Labute approximate surface area is 368 Å². The highest BCUT2D eigenvalue weighted by Crippen LogP contribution is 2.47. The molecule has 0 bridgehead atoms. The van der Waals surface area contributed by atoms with Crippen LogP contribution in [0.1, 0.15) is 22.9 Å². The number of aryl methyl sites for hydroxylation is 2. The number of aliphatic hydroxyl groups is 2. The number of aliphatic hydroxyl groups excluding tert-OH is 2. The maximum absolute atomic E-state index is 14.4. The van der Waals surface area contributed by atoms with Crippen molar-refractivity contribution in [1.82, 2.24) is 50.3 Å². The molecule has 2 aromatic carbocycles. The maximum atomic E-state index is 14.4. The number of nitrogens with zero attached hydrogens (tertiary/aromatic N) is 10. The first kappa shape index (κ1) is 39.8. The summed E-state index contributed by atoms with van der Waals surface area (Å²) in [6.45, 7) is 6.96. The first-order valence-electron chi connectivity index (χ1n) is 20.2. The summed E-state index contributed by atoms with van der Waals surface area (Å²) < 4.78 is 30.3. The van der Waals surface area contributed by atoms with Crippen LogP contribution in [0.2, 0.25) is 0 Å². The predicted molar refractivity (Wildman–Crippen MR) is 239 cm³/mol. The fraction of sp³-hybridized carbons (Fsp3) is 0.400. The predicted octanol–water partition coefficient (Wildman–Crippen LogP) is 6.84. The van der Waals surface area contributed by atoms with E-state index in [0.29, 0.717) is 44.8 Å². The number of anilines is 4. The lowest BCUT2D eigenvalue weighted by Crippen LogP contribution is -2.39. The highest BCUT2D eigenvalue weighted by molar-refractivity contribution is 8.01. The van der Waals surface area contributed by atoms with Crippen molar-refractivity contribution in [1.29, 1.82) is 0 Å². The second-order valence-corrected chi connectivity index (χ2v) is 21.0. The van der Waals surface area contributed by atoms with Crippen LogP contribution in [0, 0.1) is 49.2 Å². The molecule has 4 fully saturated rings. The summed E-state index contributed by atoms with van der Waals surface area (Å²) in [7, 11) is 3.54. The summed E-state index contributed by atoms with van der Waals surface area (Å²) in [4.78, 5) is 30.4. The van der Waals surface area contributed by atoms with E-state index in [0.717, 1.165) is 102 Å². The Bertz CT molecular complexity index is 2850. The monoisotopic (exact) mass is 914 g/mol. The Kier molecular flexibility index (Phi) is 9.87. The van der Waals surface area contributed by atoms with Gasteiger partial charge in [0.05, 0.1) is 45.4 Å². The van der Waals surface area contributed by atoms with E-state index in [4.69, 9.17) is 19.9 Å². The van der Waals surface area contributed by atoms with Gasteiger partial charge in [0.25, 0.3) is 0 Å². The van der Waals surface area contributed by atoms with Crippen LogP contribution in [0.25, 0.3) is 43.9 Å². The number of halogens is 2. The molecule has 2 aliphatic carbocycles.